The second kappa shape index (κ2) is 9.04. The molecule has 8 rings (SSSR count). The Balaban J connectivity index is 1.22. The molecule has 0 unspecified atom stereocenters. The highest BCUT2D eigenvalue weighted by atomic mass is 15.0. The van der Waals surface area contributed by atoms with Crippen LogP contribution >= 0.6 is 0 Å². The van der Waals surface area contributed by atoms with E-state index in [9.17, 15) is 0 Å². The number of rotatable bonds is 3. The summed E-state index contributed by atoms with van der Waals surface area (Å²) in [5.41, 5.74) is 13.3. The predicted octanol–water partition coefficient (Wildman–Crippen LogP) is 10.1. The van der Waals surface area contributed by atoms with Crippen molar-refractivity contribution < 1.29 is 0 Å². The Bertz CT molecular complexity index is 1980. The fourth-order valence-corrected chi connectivity index (χ4v) is 6.67. The highest BCUT2D eigenvalue weighted by Gasteiger charge is 2.36. The third-order valence-corrected chi connectivity index (χ3v) is 8.89. The topological polar surface area (TPSA) is 24.4 Å². The molecule has 1 N–H and O–H groups in total. The van der Waals surface area contributed by atoms with Gasteiger partial charge in [-0.15, -0.1) is 0 Å². The maximum atomic E-state index is 5.20. The van der Waals surface area contributed by atoms with Crippen LogP contribution in [0.2, 0.25) is 0 Å². The summed E-state index contributed by atoms with van der Waals surface area (Å²) in [6.45, 7) is 4.71. The summed E-state index contributed by atoms with van der Waals surface area (Å²) in [6.07, 6.45) is 0. The lowest BCUT2D eigenvalue weighted by Crippen LogP contribution is -2.24. The van der Waals surface area contributed by atoms with Crippen molar-refractivity contribution in [1.82, 2.24) is 0 Å². The van der Waals surface area contributed by atoms with Gasteiger partial charge in [-0.2, -0.15) is 0 Å². The van der Waals surface area contributed by atoms with Crippen LogP contribution in [0.15, 0.2) is 138 Å². The molecule has 0 bridgehead atoms. The summed E-state index contributed by atoms with van der Waals surface area (Å²) in [6, 6.07) is 48.1. The van der Waals surface area contributed by atoms with Gasteiger partial charge in [0, 0.05) is 5.41 Å². The predicted molar refractivity (Wildman–Crippen MR) is 172 cm³/mol. The van der Waals surface area contributed by atoms with Crippen LogP contribution in [0, 0.1) is 0 Å². The Labute approximate surface area is 241 Å². The van der Waals surface area contributed by atoms with Gasteiger partial charge in [-0.1, -0.05) is 117 Å². The molecule has 196 valence electrons. The Hall–Kier alpha value is -4.95. The molecule has 1 atom stereocenters. The number of fused-ring (bicyclic) bond motifs is 5. The van der Waals surface area contributed by atoms with Crippen LogP contribution in [0.25, 0.3) is 33.0 Å². The molecule has 1 aliphatic carbocycles. The monoisotopic (exact) mass is 526 g/mol. The number of hydrogen-bond donors (Lipinski definition) is 1. The maximum Gasteiger partial charge on any atom is 0.0947 e. The summed E-state index contributed by atoms with van der Waals surface area (Å²) in [7, 11) is 0. The highest BCUT2D eigenvalue weighted by Crippen LogP contribution is 2.51. The van der Waals surface area contributed by atoms with Crippen LogP contribution in [0.4, 0.5) is 11.4 Å². The Kier molecular flexibility index (Phi) is 5.27. The van der Waals surface area contributed by atoms with Gasteiger partial charge in [-0.05, 0) is 85.6 Å². The fourth-order valence-electron chi connectivity index (χ4n) is 6.67. The van der Waals surface area contributed by atoms with Crippen molar-refractivity contribution in [2.24, 2.45) is 4.99 Å². The zero-order chi connectivity index (χ0) is 27.6. The molecule has 2 nitrogen and oxygen atoms in total. The average molecular weight is 527 g/mol. The lowest BCUT2D eigenvalue weighted by Gasteiger charge is -2.28. The van der Waals surface area contributed by atoms with E-state index in [1.54, 1.807) is 0 Å². The molecule has 0 saturated heterocycles. The van der Waals surface area contributed by atoms with Crippen molar-refractivity contribution in [3.05, 3.63) is 156 Å². The summed E-state index contributed by atoms with van der Waals surface area (Å²) in [5.74, 6) is 0. The fraction of sp³-hybridized carbons (Fsp3) is 0.103. The second-order valence-electron chi connectivity index (χ2n) is 11.7. The molecule has 0 amide bonds. The van der Waals surface area contributed by atoms with Crippen LogP contribution in [0.3, 0.4) is 0 Å². The number of aliphatic imine (C=N–C) groups is 1. The van der Waals surface area contributed by atoms with Crippen LogP contribution in [0.5, 0.6) is 0 Å². The number of nitrogens with zero attached hydrogens (tertiary/aromatic N) is 1. The molecule has 2 aliphatic rings. The zero-order valence-electron chi connectivity index (χ0n) is 23.2. The van der Waals surface area contributed by atoms with E-state index in [4.69, 9.17) is 4.99 Å². The molecular weight excluding hydrogens is 496 g/mol. The minimum atomic E-state index is -0.0650. The average Bonchev–Trinajstić information content (AvgIpc) is 3.25. The van der Waals surface area contributed by atoms with Crippen molar-refractivity contribution in [2.45, 2.75) is 25.3 Å². The normalized spacial score (nSPS) is 16.3. The second-order valence-corrected chi connectivity index (χ2v) is 11.7. The summed E-state index contributed by atoms with van der Waals surface area (Å²) < 4.78 is 0. The Morgan fingerprint density at radius 2 is 1.20 bits per heavy atom. The van der Waals surface area contributed by atoms with Crippen LogP contribution in [-0.2, 0) is 5.41 Å². The van der Waals surface area contributed by atoms with E-state index in [0.717, 1.165) is 22.6 Å². The van der Waals surface area contributed by atoms with E-state index < -0.39 is 0 Å². The first kappa shape index (κ1) is 23.9. The molecule has 0 saturated carbocycles. The molecule has 6 aromatic rings. The number of hydrogen-bond acceptors (Lipinski definition) is 2. The van der Waals surface area contributed by atoms with Crippen molar-refractivity contribution in [3.63, 3.8) is 0 Å². The molecule has 0 radical (unpaired) electrons. The van der Waals surface area contributed by atoms with Gasteiger partial charge in [0.15, 0.2) is 0 Å². The van der Waals surface area contributed by atoms with E-state index >= 15 is 0 Å². The zero-order valence-corrected chi connectivity index (χ0v) is 23.2. The van der Waals surface area contributed by atoms with Crippen molar-refractivity contribution in [3.8, 4) is 22.3 Å². The molecule has 6 aromatic carbocycles. The number of nitrogens with one attached hydrogen (secondary N) is 1. The third kappa shape index (κ3) is 3.82. The highest BCUT2D eigenvalue weighted by molar-refractivity contribution is 6.10. The molecule has 0 aromatic heterocycles. The minimum absolute atomic E-state index is 0.0241. The van der Waals surface area contributed by atoms with Gasteiger partial charge in [0.1, 0.15) is 0 Å². The quantitative estimate of drug-likeness (QED) is 0.244. The van der Waals surface area contributed by atoms with Gasteiger partial charge in [-0.25, -0.2) is 4.99 Å². The van der Waals surface area contributed by atoms with Gasteiger partial charge in [-0.3, -0.25) is 0 Å². The SMILES string of the molecule is CC1(C)c2cc(-c3ccc4c(c3)N[C@@H](c3ccccc3)C(c3ccccc3)=N4)ccc2-c2cc3ccccc3cc21. The maximum absolute atomic E-state index is 5.20. The minimum Gasteiger partial charge on any atom is -0.371 e. The standard InChI is InChI=1S/C39H30N2/c1-39(2)33-23-29(17-19-31(33)32-21-27-15-9-10-16-28(27)22-34(32)39)30-18-20-35-36(24-30)41-38(26-13-7-4-8-14-26)37(40-35)25-11-5-3-6-12-25/h3-24,38,41H,1-2H3/t38-/m0/s1. The molecule has 41 heavy (non-hydrogen) atoms. The summed E-state index contributed by atoms with van der Waals surface area (Å²) >= 11 is 0. The van der Waals surface area contributed by atoms with E-state index in [1.807, 2.05) is 0 Å². The lowest BCUT2D eigenvalue weighted by molar-refractivity contribution is 0.661. The number of anilines is 1. The molecule has 1 aliphatic heterocycles. The molecule has 1 heterocycles. The van der Waals surface area contributed by atoms with Crippen LogP contribution in [0.1, 0.15) is 42.1 Å². The molecule has 0 fully saturated rings. The van der Waals surface area contributed by atoms with Gasteiger partial charge < -0.3 is 5.32 Å². The summed E-state index contributed by atoms with van der Waals surface area (Å²) in [4.78, 5) is 5.20. The summed E-state index contributed by atoms with van der Waals surface area (Å²) in [5, 5.41) is 6.44. The molecule has 0 spiro atoms. The van der Waals surface area contributed by atoms with Gasteiger partial charge >= 0.3 is 0 Å². The Morgan fingerprint density at radius 1 is 0.561 bits per heavy atom. The molecule has 2 heteroatoms. The largest absolute Gasteiger partial charge is 0.371 e. The van der Waals surface area contributed by atoms with Gasteiger partial charge in [0.2, 0.25) is 0 Å². The van der Waals surface area contributed by atoms with Crippen molar-refractivity contribution >= 4 is 27.9 Å². The van der Waals surface area contributed by atoms with E-state index in [1.165, 1.54) is 49.7 Å². The Morgan fingerprint density at radius 3 is 1.98 bits per heavy atom. The van der Waals surface area contributed by atoms with Crippen LogP contribution < -0.4 is 5.32 Å². The smallest absolute Gasteiger partial charge is 0.0947 e. The van der Waals surface area contributed by atoms with E-state index in [0.29, 0.717) is 0 Å². The first-order valence-corrected chi connectivity index (χ1v) is 14.3. The first-order valence-electron chi connectivity index (χ1n) is 14.3. The van der Waals surface area contributed by atoms with E-state index in [-0.39, 0.29) is 11.5 Å². The molecular formula is C39H30N2. The van der Waals surface area contributed by atoms with Gasteiger partial charge in [0.05, 0.1) is 23.1 Å². The van der Waals surface area contributed by atoms with Crippen molar-refractivity contribution in [2.75, 3.05) is 5.32 Å². The number of benzene rings is 6. The van der Waals surface area contributed by atoms with Gasteiger partial charge in [0.25, 0.3) is 0 Å². The van der Waals surface area contributed by atoms with Crippen LogP contribution in [-0.4, -0.2) is 5.71 Å². The third-order valence-electron chi connectivity index (χ3n) is 8.89. The lowest BCUT2D eigenvalue weighted by atomic mass is 9.81. The first-order chi connectivity index (χ1) is 20.1. The van der Waals surface area contributed by atoms with E-state index in [2.05, 4.69) is 153 Å². The van der Waals surface area contributed by atoms with Crippen molar-refractivity contribution in [1.29, 1.82) is 0 Å².